The van der Waals surface area contributed by atoms with Gasteiger partial charge >= 0.3 is 0 Å². The van der Waals surface area contributed by atoms with Crippen molar-refractivity contribution in [2.45, 2.75) is 31.8 Å². The van der Waals surface area contributed by atoms with Crippen LogP contribution in [0.4, 0.5) is 0 Å². The van der Waals surface area contributed by atoms with Gasteiger partial charge in [0.2, 0.25) is 0 Å². The second-order valence-corrected chi connectivity index (χ2v) is 6.52. The van der Waals surface area contributed by atoms with Crippen LogP contribution in [-0.2, 0) is 20.1 Å². The van der Waals surface area contributed by atoms with E-state index in [4.69, 9.17) is 5.26 Å². The summed E-state index contributed by atoms with van der Waals surface area (Å²) in [6.07, 6.45) is 3.86. The van der Waals surface area contributed by atoms with Crippen molar-refractivity contribution in [3.05, 3.63) is 45.5 Å². The molecule has 4 rings (SSSR count). The van der Waals surface area contributed by atoms with Gasteiger partial charge in [-0.15, -0.1) is 10.2 Å². The first kappa shape index (κ1) is 15.5. The molecule has 0 saturated heterocycles. The quantitative estimate of drug-likeness (QED) is 0.727. The van der Waals surface area contributed by atoms with Gasteiger partial charge in [0.15, 0.2) is 5.65 Å². The van der Waals surface area contributed by atoms with Gasteiger partial charge in [0.25, 0.3) is 5.56 Å². The van der Waals surface area contributed by atoms with Crippen molar-refractivity contribution in [1.29, 1.82) is 5.26 Å². The Balaban J connectivity index is 1.54. The molecule has 128 valence electrons. The molecule has 9 nitrogen and oxygen atoms in total. The lowest BCUT2D eigenvalue weighted by molar-refractivity contribution is 0.302. The zero-order valence-electron chi connectivity index (χ0n) is 14.1. The molecule has 0 unspecified atom stereocenters. The molecular formula is C16H18N8O. The van der Waals surface area contributed by atoms with Crippen LogP contribution in [0.1, 0.15) is 41.7 Å². The number of hydrogen-bond acceptors (Lipinski definition) is 6. The molecule has 3 aromatic heterocycles. The summed E-state index contributed by atoms with van der Waals surface area (Å²) in [4.78, 5) is 18.6. The van der Waals surface area contributed by atoms with E-state index in [0.29, 0.717) is 35.9 Å². The molecule has 1 fully saturated rings. The summed E-state index contributed by atoms with van der Waals surface area (Å²) in [5.41, 5.74) is 1.09. The lowest BCUT2D eigenvalue weighted by Gasteiger charge is -2.15. The average molecular weight is 338 g/mol. The fourth-order valence-electron chi connectivity index (χ4n) is 2.98. The van der Waals surface area contributed by atoms with Crippen molar-refractivity contribution in [2.75, 3.05) is 7.05 Å². The number of nitrogens with one attached hydrogen (secondary N) is 1. The molecule has 1 saturated carbocycles. The summed E-state index contributed by atoms with van der Waals surface area (Å²) in [6.45, 7) is 1.09. The van der Waals surface area contributed by atoms with Crippen LogP contribution in [0.25, 0.3) is 5.65 Å². The van der Waals surface area contributed by atoms with Crippen molar-refractivity contribution in [3.8, 4) is 6.07 Å². The highest BCUT2D eigenvalue weighted by molar-refractivity contribution is 5.53. The summed E-state index contributed by atoms with van der Waals surface area (Å²) in [5, 5.41) is 20.4. The number of aromatic nitrogens is 6. The summed E-state index contributed by atoms with van der Waals surface area (Å²) in [5.74, 6) is 2.49. The first-order valence-electron chi connectivity index (χ1n) is 8.13. The summed E-state index contributed by atoms with van der Waals surface area (Å²) >= 11 is 0. The number of nitrogens with zero attached hydrogens (tertiary/aromatic N) is 7. The lowest BCUT2D eigenvalue weighted by atomic mass is 10.3. The van der Waals surface area contributed by atoms with Crippen LogP contribution in [0.5, 0.6) is 0 Å². The zero-order chi connectivity index (χ0) is 17.6. The molecule has 1 aliphatic rings. The predicted octanol–water partition coefficient (Wildman–Crippen LogP) is 0.532. The van der Waals surface area contributed by atoms with E-state index in [-0.39, 0.29) is 5.56 Å². The topological polar surface area (TPSA) is 108 Å². The number of hydrogen-bond donors (Lipinski definition) is 1. The van der Waals surface area contributed by atoms with E-state index >= 15 is 0 Å². The van der Waals surface area contributed by atoms with Crippen LogP contribution in [0.3, 0.4) is 0 Å². The SMILES string of the molecule is CN(Cc1cc(=O)n2[nH]cc(C#N)c2n1)Cc1nnc(C2CC2)n1C. The highest BCUT2D eigenvalue weighted by atomic mass is 16.1. The van der Waals surface area contributed by atoms with Crippen molar-refractivity contribution in [2.24, 2.45) is 7.05 Å². The van der Waals surface area contributed by atoms with E-state index in [0.717, 1.165) is 11.6 Å². The Bertz CT molecular complexity index is 1030. The maximum absolute atomic E-state index is 12.1. The minimum absolute atomic E-state index is 0.232. The van der Waals surface area contributed by atoms with Crippen molar-refractivity contribution in [1.82, 2.24) is 34.3 Å². The zero-order valence-corrected chi connectivity index (χ0v) is 14.1. The number of fused-ring (bicyclic) bond motifs is 1. The Labute approximate surface area is 143 Å². The molecule has 1 N–H and O–H groups in total. The van der Waals surface area contributed by atoms with E-state index < -0.39 is 0 Å². The minimum atomic E-state index is -0.232. The second kappa shape index (κ2) is 5.82. The van der Waals surface area contributed by atoms with E-state index in [1.54, 1.807) is 0 Å². The van der Waals surface area contributed by atoms with Gasteiger partial charge in [0.05, 0.1) is 12.2 Å². The molecule has 0 bridgehead atoms. The van der Waals surface area contributed by atoms with Gasteiger partial charge in [-0.05, 0) is 19.9 Å². The van der Waals surface area contributed by atoms with E-state index in [1.807, 2.05) is 25.1 Å². The smallest absolute Gasteiger partial charge is 0.272 e. The standard InChI is InChI=1S/C16H18N8O/c1-22(9-13-20-21-16(23(13)2)10-3-4-10)8-12-5-14(25)24-15(19-12)11(6-17)7-18-24/h5,7,10,18H,3-4,8-9H2,1-2H3. The molecule has 0 spiro atoms. The lowest BCUT2D eigenvalue weighted by Crippen LogP contribution is -2.23. The fourth-order valence-corrected chi connectivity index (χ4v) is 2.98. The van der Waals surface area contributed by atoms with Gasteiger partial charge < -0.3 is 4.57 Å². The molecule has 3 aromatic rings. The monoisotopic (exact) mass is 338 g/mol. The van der Waals surface area contributed by atoms with E-state index in [9.17, 15) is 4.79 Å². The molecule has 0 aliphatic heterocycles. The van der Waals surface area contributed by atoms with Crippen LogP contribution in [0.15, 0.2) is 17.1 Å². The molecule has 9 heteroatoms. The maximum atomic E-state index is 12.1. The third-order valence-corrected chi connectivity index (χ3v) is 4.46. The number of nitriles is 1. The Hall–Kier alpha value is -2.99. The average Bonchev–Trinajstić information content (AvgIpc) is 3.23. The Morgan fingerprint density at radius 1 is 1.40 bits per heavy atom. The number of rotatable bonds is 5. The van der Waals surface area contributed by atoms with Crippen LogP contribution in [0, 0.1) is 11.3 Å². The van der Waals surface area contributed by atoms with Crippen molar-refractivity contribution in [3.63, 3.8) is 0 Å². The molecule has 0 aromatic carbocycles. The third kappa shape index (κ3) is 2.81. The van der Waals surface area contributed by atoms with E-state index in [2.05, 4.69) is 24.8 Å². The van der Waals surface area contributed by atoms with Gasteiger partial charge in [-0.3, -0.25) is 14.8 Å². The normalized spacial score (nSPS) is 14.3. The van der Waals surface area contributed by atoms with Crippen LogP contribution >= 0.6 is 0 Å². The molecule has 0 amide bonds. The summed E-state index contributed by atoms with van der Waals surface area (Å²) in [6, 6.07) is 3.52. The van der Waals surface area contributed by atoms with E-state index in [1.165, 1.54) is 29.6 Å². The van der Waals surface area contributed by atoms with Crippen molar-refractivity contribution < 1.29 is 0 Å². The first-order valence-corrected chi connectivity index (χ1v) is 8.13. The summed E-state index contributed by atoms with van der Waals surface area (Å²) < 4.78 is 3.33. The highest BCUT2D eigenvalue weighted by Gasteiger charge is 2.29. The fraction of sp³-hybridized carbons (Fsp3) is 0.438. The predicted molar refractivity (Wildman–Crippen MR) is 88.7 cm³/mol. The largest absolute Gasteiger partial charge is 0.317 e. The van der Waals surface area contributed by atoms with Gasteiger partial charge in [-0.1, -0.05) is 0 Å². The molecule has 0 radical (unpaired) electrons. The maximum Gasteiger partial charge on any atom is 0.272 e. The van der Waals surface area contributed by atoms with Crippen molar-refractivity contribution >= 4 is 5.65 Å². The molecule has 1 aliphatic carbocycles. The molecular weight excluding hydrogens is 320 g/mol. The van der Waals surface area contributed by atoms with Gasteiger partial charge in [0.1, 0.15) is 23.3 Å². The van der Waals surface area contributed by atoms with Gasteiger partial charge in [0, 0.05) is 31.8 Å². The summed E-state index contributed by atoms with van der Waals surface area (Å²) in [7, 11) is 3.93. The van der Waals surface area contributed by atoms with Crippen LogP contribution < -0.4 is 5.56 Å². The first-order chi connectivity index (χ1) is 12.1. The van der Waals surface area contributed by atoms with Gasteiger partial charge in [-0.25, -0.2) is 9.50 Å². The number of H-pyrrole nitrogens is 1. The second-order valence-electron chi connectivity index (χ2n) is 6.52. The minimum Gasteiger partial charge on any atom is -0.317 e. The van der Waals surface area contributed by atoms with Crippen LogP contribution in [-0.4, -0.2) is 41.3 Å². The Morgan fingerprint density at radius 3 is 2.92 bits per heavy atom. The number of aromatic amines is 1. The highest BCUT2D eigenvalue weighted by Crippen LogP contribution is 2.38. The molecule has 0 atom stereocenters. The third-order valence-electron chi connectivity index (χ3n) is 4.46. The Morgan fingerprint density at radius 2 is 2.20 bits per heavy atom. The van der Waals surface area contributed by atoms with Crippen LogP contribution in [0.2, 0.25) is 0 Å². The van der Waals surface area contributed by atoms with Gasteiger partial charge in [-0.2, -0.15) is 5.26 Å². The molecule has 3 heterocycles. The molecule has 25 heavy (non-hydrogen) atoms. The Kier molecular flexibility index (Phi) is 3.62.